The number of likely N-dealkylation sites (tertiary alicyclic amines) is 2. The molecule has 27 heavy (non-hydrogen) atoms. The Labute approximate surface area is 162 Å². The van der Waals surface area contributed by atoms with Crippen LogP contribution in [0.2, 0.25) is 0 Å². The highest BCUT2D eigenvalue weighted by atomic mass is 16.3. The van der Waals surface area contributed by atoms with Crippen molar-refractivity contribution < 1.29 is 9.90 Å². The standard InChI is InChI=1S/C22H33N3O2/c26-21(19-7-1-2-8-19)25-14-10-22(27)9-13-24(16-20(22)17-25)12-4-6-18-5-3-11-23-15-18/h3,5,11,15,19-20,27H,1-2,4,6-10,12-14,16-17H2/t20-,22-/m0/s1. The molecule has 1 saturated carbocycles. The van der Waals surface area contributed by atoms with Crippen LogP contribution in [0.4, 0.5) is 0 Å². The molecule has 148 valence electrons. The zero-order chi connectivity index (χ0) is 18.7. The molecule has 0 spiro atoms. The number of hydrogen-bond acceptors (Lipinski definition) is 4. The number of aliphatic hydroxyl groups is 1. The zero-order valence-electron chi connectivity index (χ0n) is 16.4. The highest BCUT2D eigenvalue weighted by Gasteiger charge is 2.46. The second-order valence-electron chi connectivity index (χ2n) is 8.83. The van der Waals surface area contributed by atoms with Gasteiger partial charge in [0.2, 0.25) is 5.91 Å². The molecule has 3 fully saturated rings. The molecule has 2 saturated heterocycles. The van der Waals surface area contributed by atoms with Crippen LogP contribution in [0, 0.1) is 11.8 Å². The summed E-state index contributed by atoms with van der Waals surface area (Å²) >= 11 is 0. The van der Waals surface area contributed by atoms with Crippen molar-refractivity contribution in [2.24, 2.45) is 11.8 Å². The second-order valence-corrected chi connectivity index (χ2v) is 8.83. The van der Waals surface area contributed by atoms with Gasteiger partial charge in [-0.1, -0.05) is 18.9 Å². The summed E-state index contributed by atoms with van der Waals surface area (Å²) in [5.74, 6) is 0.794. The average molecular weight is 372 g/mol. The van der Waals surface area contributed by atoms with Crippen molar-refractivity contribution in [1.82, 2.24) is 14.8 Å². The van der Waals surface area contributed by atoms with Crippen molar-refractivity contribution >= 4 is 5.91 Å². The number of fused-ring (bicyclic) bond motifs is 1. The number of amides is 1. The number of nitrogens with zero attached hydrogens (tertiary/aromatic N) is 3. The van der Waals surface area contributed by atoms with Crippen molar-refractivity contribution in [2.75, 3.05) is 32.7 Å². The predicted octanol–water partition coefficient (Wildman–Crippen LogP) is 2.49. The largest absolute Gasteiger partial charge is 0.389 e. The molecule has 0 radical (unpaired) electrons. The minimum absolute atomic E-state index is 0.198. The van der Waals surface area contributed by atoms with E-state index < -0.39 is 5.60 Å². The molecule has 1 amide bonds. The quantitative estimate of drug-likeness (QED) is 0.864. The van der Waals surface area contributed by atoms with Gasteiger partial charge in [-0.25, -0.2) is 0 Å². The van der Waals surface area contributed by atoms with Crippen LogP contribution >= 0.6 is 0 Å². The molecule has 0 aromatic carbocycles. The molecule has 1 aromatic heterocycles. The van der Waals surface area contributed by atoms with E-state index in [4.69, 9.17) is 0 Å². The smallest absolute Gasteiger partial charge is 0.225 e. The number of pyridine rings is 1. The van der Waals surface area contributed by atoms with E-state index in [1.54, 1.807) is 0 Å². The summed E-state index contributed by atoms with van der Waals surface area (Å²) in [7, 11) is 0. The maximum absolute atomic E-state index is 12.8. The second kappa shape index (κ2) is 8.27. The van der Waals surface area contributed by atoms with Crippen molar-refractivity contribution in [3.8, 4) is 0 Å². The van der Waals surface area contributed by atoms with Crippen LogP contribution in [0.15, 0.2) is 24.5 Å². The van der Waals surface area contributed by atoms with Gasteiger partial charge < -0.3 is 14.9 Å². The van der Waals surface area contributed by atoms with Crippen LogP contribution in [0.25, 0.3) is 0 Å². The Morgan fingerprint density at radius 3 is 2.81 bits per heavy atom. The number of aryl methyl sites for hydroxylation is 1. The predicted molar refractivity (Wildman–Crippen MR) is 105 cm³/mol. The van der Waals surface area contributed by atoms with Crippen LogP contribution in [0.3, 0.4) is 0 Å². The Balaban J connectivity index is 1.29. The van der Waals surface area contributed by atoms with Gasteiger partial charge in [0.1, 0.15) is 0 Å². The maximum atomic E-state index is 12.8. The average Bonchev–Trinajstić information content (AvgIpc) is 3.23. The molecule has 1 aromatic rings. The Morgan fingerprint density at radius 1 is 1.22 bits per heavy atom. The third kappa shape index (κ3) is 4.35. The van der Waals surface area contributed by atoms with Crippen molar-refractivity contribution in [1.29, 1.82) is 0 Å². The number of hydrogen-bond donors (Lipinski definition) is 1. The number of rotatable bonds is 5. The molecule has 2 aliphatic heterocycles. The number of aromatic nitrogens is 1. The molecular formula is C22H33N3O2. The van der Waals surface area contributed by atoms with Gasteiger partial charge in [0, 0.05) is 50.4 Å². The third-order valence-corrected chi connectivity index (χ3v) is 7.03. The van der Waals surface area contributed by atoms with E-state index in [1.165, 1.54) is 18.4 Å². The summed E-state index contributed by atoms with van der Waals surface area (Å²) in [6, 6.07) is 4.13. The first kappa shape index (κ1) is 18.9. The van der Waals surface area contributed by atoms with Crippen LogP contribution < -0.4 is 0 Å². The maximum Gasteiger partial charge on any atom is 0.225 e. The van der Waals surface area contributed by atoms with Crippen molar-refractivity contribution in [3.63, 3.8) is 0 Å². The molecule has 3 heterocycles. The van der Waals surface area contributed by atoms with E-state index in [-0.39, 0.29) is 11.8 Å². The van der Waals surface area contributed by atoms with Gasteiger partial charge in [-0.2, -0.15) is 0 Å². The highest BCUT2D eigenvalue weighted by molar-refractivity contribution is 5.79. The normalized spacial score (nSPS) is 29.7. The lowest BCUT2D eigenvalue weighted by atomic mass is 9.75. The van der Waals surface area contributed by atoms with Gasteiger partial charge in [-0.05, 0) is 56.7 Å². The van der Waals surface area contributed by atoms with Crippen LogP contribution in [0.5, 0.6) is 0 Å². The molecule has 0 bridgehead atoms. The minimum Gasteiger partial charge on any atom is -0.389 e. The van der Waals surface area contributed by atoms with E-state index in [2.05, 4.69) is 20.9 Å². The summed E-state index contributed by atoms with van der Waals surface area (Å²) < 4.78 is 0. The molecule has 0 unspecified atom stereocenters. The molecule has 3 aliphatic rings. The third-order valence-electron chi connectivity index (χ3n) is 7.03. The van der Waals surface area contributed by atoms with Gasteiger partial charge in [0.15, 0.2) is 0 Å². The van der Waals surface area contributed by atoms with E-state index in [0.29, 0.717) is 5.91 Å². The summed E-state index contributed by atoms with van der Waals surface area (Å²) in [4.78, 5) is 21.5. The Kier molecular flexibility index (Phi) is 5.79. The zero-order valence-corrected chi connectivity index (χ0v) is 16.4. The Morgan fingerprint density at radius 2 is 2.04 bits per heavy atom. The summed E-state index contributed by atoms with van der Waals surface area (Å²) in [5, 5.41) is 11.1. The highest BCUT2D eigenvalue weighted by Crippen LogP contribution is 2.37. The van der Waals surface area contributed by atoms with Crippen LogP contribution in [-0.4, -0.2) is 64.1 Å². The molecule has 4 rings (SSSR count). The molecule has 2 atom stereocenters. The molecule has 1 N–H and O–H groups in total. The number of carbonyl (C=O) groups is 1. The SMILES string of the molecule is O=C(C1CCCC1)N1CC[C@@]2(O)CCN(CCCc3cccnc3)C[C@H]2C1. The Bertz CT molecular complexity index is 632. The summed E-state index contributed by atoms with van der Waals surface area (Å²) in [6.07, 6.45) is 12.0. The van der Waals surface area contributed by atoms with Gasteiger partial charge in [-0.3, -0.25) is 9.78 Å². The lowest BCUT2D eigenvalue weighted by molar-refractivity contribution is -0.150. The first-order valence-electron chi connectivity index (χ1n) is 10.8. The summed E-state index contributed by atoms with van der Waals surface area (Å²) in [5.41, 5.74) is 0.726. The fourth-order valence-electron chi connectivity index (χ4n) is 5.26. The van der Waals surface area contributed by atoms with E-state index >= 15 is 0 Å². The molecule has 5 heteroatoms. The fourth-order valence-corrected chi connectivity index (χ4v) is 5.26. The Hall–Kier alpha value is -1.46. The van der Waals surface area contributed by atoms with Crippen molar-refractivity contribution in [3.05, 3.63) is 30.1 Å². The fraction of sp³-hybridized carbons (Fsp3) is 0.727. The van der Waals surface area contributed by atoms with Crippen molar-refractivity contribution in [2.45, 2.75) is 57.0 Å². The van der Waals surface area contributed by atoms with Gasteiger partial charge in [0.05, 0.1) is 5.60 Å². The van der Waals surface area contributed by atoms with Gasteiger partial charge in [0.25, 0.3) is 0 Å². The minimum atomic E-state index is -0.563. The lowest BCUT2D eigenvalue weighted by Crippen LogP contribution is -2.61. The van der Waals surface area contributed by atoms with Crippen LogP contribution in [0.1, 0.15) is 50.5 Å². The lowest BCUT2D eigenvalue weighted by Gasteiger charge is -2.50. The van der Waals surface area contributed by atoms with Gasteiger partial charge >= 0.3 is 0 Å². The number of piperidine rings is 2. The monoisotopic (exact) mass is 371 g/mol. The van der Waals surface area contributed by atoms with E-state index in [0.717, 1.165) is 71.2 Å². The topological polar surface area (TPSA) is 56.7 Å². The van der Waals surface area contributed by atoms with Crippen LogP contribution in [-0.2, 0) is 11.2 Å². The van der Waals surface area contributed by atoms with Gasteiger partial charge in [-0.15, -0.1) is 0 Å². The van der Waals surface area contributed by atoms with E-state index in [9.17, 15) is 9.90 Å². The first-order valence-corrected chi connectivity index (χ1v) is 10.8. The summed E-state index contributed by atoms with van der Waals surface area (Å²) in [6.45, 7) is 4.42. The molecule has 1 aliphatic carbocycles. The number of carbonyl (C=O) groups excluding carboxylic acids is 1. The first-order chi connectivity index (χ1) is 13.1. The molecular weight excluding hydrogens is 338 g/mol. The van der Waals surface area contributed by atoms with E-state index in [1.807, 2.05) is 18.5 Å². The molecule has 5 nitrogen and oxygen atoms in total.